The molecule has 0 aliphatic rings. The van der Waals surface area contributed by atoms with E-state index in [-0.39, 0.29) is 24.5 Å². The molecule has 0 unspecified atom stereocenters. The summed E-state index contributed by atoms with van der Waals surface area (Å²) in [5.41, 5.74) is 2.14. The van der Waals surface area contributed by atoms with Crippen molar-refractivity contribution < 1.29 is 14.3 Å². The van der Waals surface area contributed by atoms with Gasteiger partial charge in [0.25, 0.3) is 5.91 Å². The number of anilines is 2. The van der Waals surface area contributed by atoms with Crippen molar-refractivity contribution in [1.29, 1.82) is 0 Å². The second kappa shape index (κ2) is 10.3. The molecule has 2 amide bonds. The second-order valence-corrected chi connectivity index (χ2v) is 6.65. The summed E-state index contributed by atoms with van der Waals surface area (Å²) >= 11 is 0. The summed E-state index contributed by atoms with van der Waals surface area (Å²) in [5.74, 6) is 0.630. The van der Waals surface area contributed by atoms with Gasteiger partial charge in [-0.25, -0.2) is 0 Å². The lowest BCUT2D eigenvalue weighted by Crippen LogP contribution is -2.30. The largest absolute Gasteiger partial charge is 0.491 e. The highest BCUT2D eigenvalue weighted by Gasteiger charge is 2.12. The zero-order valence-electron chi connectivity index (χ0n) is 17.0. The molecule has 0 saturated carbocycles. The van der Waals surface area contributed by atoms with Crippen LogP contribution >= 0.6 is 0 Å². The van der Waals surface area contributed by atoms with Crippen LogP contribution in [0.3, 0.4) is 0 Å². The van der Waals surface area contributed by atoms with Crippen molar-refractivity contribution in [3.8, 4) is 5.75 Å². The number of hydrogen-bond acceptors (Lipinski definition) is 4. The molecule has 0 heterocycles. The Morgan fingerprint density at radius 2 is 1.50 bits per heavy atom. The monoisotopic (exact) mass is 383 g/mol. The van der Waals surface area contributed by atoms with Gasteiger partial charge in [-0.15, -0.1) is 0 Å². The SMILES string of the molecule is CCN(CC)C(=O)c1ccc(NCC(=O)Nc2ccc(OC(C)C)cc2)cc1. The molecule has 0 aliphatic carbocycles. The van der Waals surface area contributed by atoms with Crippen LogP contribution in [0.2, 0.25) is 0 Å². The van der Waals surface area contributed by atoms with Gasteiger partial charge in [-0.3, -0.25) is 9.59 Å². The first-order valence-electron chi connectivity index (χ1n) is 9.62. The molecule has 2 aromatic rings. The summed E-state index contributed by atoms with van der Waals surface area (Å²) < 4.78 is 5.58. The number of carbonyl (C=O) groups is 2. The van der Waals surface area contributed by atoms with Crippen molar-refractivity contribution >= 4 is 23.2 Å². The molecule has 0 atom stereocenters. The van der Waals surface area contributed by atoms with E-state index in [0.717, 1.165) is 11.4 Å². The summed E-state index contributed by atoms with van der Waals surface area (Å²) in [6, 6.07) is 14.4. The molecule has 6 heteroatoms. The highest BCUT2D eigenvalue weighted by atomic mass is 16.5. The molecule has 150 valence electrons. The summed E-state index contributed by atoms with van der Waals surface area (Å²) in [4.78, 5) is 26.2. The van der Waals surface area contributed by atoms with E-state index in [4.69, 9.17) is 4.74 Å². The number of rotatable bonds is 9. The first kappa shape index (κ1) is 21.3. The van der Waals surface area contributed by atoms with Crippen molar-refractivity contribution in [2.45, 2.75) is 33.8 Å². The number of ether oxygens (including phenoxy) is 1. The van der Waals surface area contributed by atoms with Gasteiger partial charge in [0.15, 0.2) is 0 Å². The summed E-state index contributed by atoms with van der Waals surface area (Å²) in [6.07, 6.45) is 0.110. The van der Waals surface area contributed by atoms with Crippen LogP contribution in [0.5, 0.6) is 5.75 Å². The first-order chi connectivity index (χ1) is 13.4. The van der Waals surface area contributed by atoms with Crippen molar-refractivity contribution in [3.63, 3.8) is 0 Å². The topological polar surface area (TPSA) is 70.7 Å². The minimum Gasteiger partial charge on any atom is -0.491 e. The van der Waals surface area contributed by atoms with E-state index in [1.807, 2.05) is 64.1 Å². The van der Waals surface area contributed by atoms with Gasteiger partial charge in [0.1, 0.15) is 5.75 Å². The Hall–Kier alpha value is -3.02. The van der Waals surface area contributed by atoms with E-state index in [0.29, 0.717) is 24.3 Å². The molecule has 0 aromatic heterocycles. The maximum Gasteiger partial charge on any atom is 0.253 e. The summed E-state index contributed by atoms with van der Waals surface area (Å²) in [6.45, 7) is 9.34. The minimum absolute atomic E-state index is 0.0131. The zero-order chi connectivity index (χ0) is 20.5. The fraction of sp³-hybridized carbons (Fsp3) is 0.364. The van der Waals surface area contributed by atoms with Crippen LogP contribution in [-0.4, -0.2) is 42.5 Å². The fourth-order valence-electron chi connectivity index (χ4n) is 2.70. The van der Waals surface area contributed by atoms with Crippen molar-refractivity contribution in [3.05, 3.63) is 54.1 Å². The van der Waals surface area contributed by atoms with Crippen LogP contribution < -0.4 is 15.4 Å². The standard InChI is InChI=1S/C22H29N3O3/c1-5-25(6-2)22(27)17-7-9-18(10-8-17)23-15-21(26)24-19-11-13-20(14-12-19)28-16(3)4/h7-14,16,23H,5-6,15H2,1-4H3,(H,24,26). The predicted octanol–water partition coefficient (Wildman–Crippen LogP) is 4.01. The Labute approximate surface area is 166 Å². The highest BCUT2D eigenvalue weighted by molar-refractivity contribution is 5.95. The van der Waals surface area contributed by atoms with Crippen LogP contribution in [0.25, 0.3) is 0 Å². The third kappa shape index (κ3) is 6.30. The first-order valence-corrected chi connectivity index (χ1v) is 9.62. The average molecular weight is 383 g/mol. The molecule has 0 radical (unpaired) electrons. The molecule has 0 aliphatic heterocycles. The Morgan fingerprint density at radius 1 is 0.929 bits per heavy atom. The maximum atomic E-state index is 12.3. The normalized spacial score (nSPS) is 10.5. The molecule has 28 heavy (non-hydrogen) atoms. The maximum absolute atomic E-state index is 12.3. The van der Waals surface area contributed by atoms with E-state index < -0.39 is 0 Å². The molecule has 2 aromatic carbocycles. The van der Waals surface area contributed by atoms with Gasteiger partial charge in [-0.2, -0.15) is 0 Å². The lowest BCUT2D eigenvalue weighted by atomic mass is 10.1. The molecule has 6 nitrogen and oxygen atoms in total. The molecule has 0 bridgehead atoms. The van der Waals surface area contributed by atoms with Gasteiger partial charge < -0.3 is 20.3 Å². The van der Waals surface area contributed by atoms with E-state index in [2.05, 4.69) is 10.6 Å². The zero-order valence-corrected chi connectivity index (χ0v) is 17.0. The van der Waals surface area contributed by atoms with E-state index >= 15 is 0 Å². The van der Waals surface area contributed by atoms with Crippen LogP contribution in [0.4, 0.5) is 11.4 Å². The van der Waals surface area contributed by atoms with Gasteiger partial charge in [0.05, 0.1) is 12.6 Å². The number of benzene rings is 2. The van der Waals surface area contributed by atoms with Crippen LogP contribution in [-0.2, 0) is 4.79 Å². The lowest BCUT2D eigenvalue weighted by Gasteiger charge is -2.18. The van der Waals surface area contributed by atoms with E-state index in [1.54, 1.807) is 17.0 Å². The number of amides is 2. The number of nitrogens with one attached hydrogen (secondary N) is 2. The molecular formula is C22H29N3O3. The van der Waals surface area contributed by atoms with Gasteiger partial charge in [-0.1, -0.05) is 0 Å². The molecule has 0 saturated heterocycles. The molecular weight excluding hydrogens is 354 g/mol. The summed E-state index contributed by atoms with van der Waals surface area (Å²) in [5, 5.41) is 5.90. The lowest BCUT2D eigenvalue weighted by molar-refractivity contribution is -0.114. The Morgan fingerprint density at radius 3 is 2.04 bits per heavy atom. The van der Waals surface area contributed by atoms with E-state index in [1.165, 1.54) is 0 Å². The van der Waals surface area contributed by atoms with Gasteiger partial charge in [0, 0.05) is 30.0 Å². The van der Waals surface area contributed by atoms with Crippen LogP contribution in [0, 0.1) is 0 Å². The molecule has 0 fully saturated rings. The van der Waals surface area contributed by atoms with Gasteiger partial charge >= 0.3 is 0 Å². The number of nitrogens with zero attached hydrogens (tertiary/aromatic N) is 1. The van der Waals surface area contributed by atoms with Gasteiger partial charge in [0.2, 0.25) is 5.91 Å². The van der Waals surface area contributed by atoms with Crippen LogP contribution in [0.1, 0.15) is 38.1 Å². The quantitative estimate of drug-likeness (QED) is 0.686. The Balaban J connectivity index is 1.84. The predicted molar refractivity (Wildman–Crippen MR) is 113 cm³/mol. The summed E-state index contributed by atoms with van der Waals surface area (Å²) in [7, 11) is 0. The fourth-order valence-corrected chi connectivity index (χ4v) is 2.70. The third-order valence-corrected chi connectivity index (χ3v) is 4.15. The Bertz CT molecular complexity index is 767. The van der Waals surface area contributed by atoms with Crippen molar-refractivity contribution in [2.24, 2.45) is 0 Å². The van der Waals surface area contributed by atoms with Crippen LogP contribution in [0.15, 0.2) is 48.5 Å². The van der Waals surface area contributed by atoms with E-state index in [9.17, 15) is 9.59 Å². The number of carbonyl (C=O) groups excluding carboxylic acids is 2. The smallest absolute Gasteiger partial charge is 0.253 e. The third-order valence-electron chi connectivity index (χ3n) is 4.15. The van der Waals surface area contributed by atoms with Gasteiger partial charge in [-0.05, 0) is 76.2 Å². The molecule has 2 rings (SSSR count). The number of hydrogen-bond donors (Lipinski definition) is 2. The molecule has 0 spiro atoms. The minimum atomic E-state index is -0.152. The van der Waals surface area contributed by atoms with Crippen molar-refractivity contribution in [2.75, 3.05) is 30.3 Å². The Kier molecular flexibility index (Phi) is 7.87. The second-order valence-electron chi connectivity index (χ2n) is 6.65. The highest BCUT2D eigenvalue weighted by Crippen LogP contribution is 2.17. The molecule has 2 N–H and O–H groups in total. The van der Waals surface area contributed by atoms with Crippen molar-refractivity contribution in [1.82, 2.24) is 4.90 Å². The average Bonchev–Trinajstić information content (AvgIpc) is 2.69.